The van der Waals surface area contributed by atoms with Crippen LogP contribution in [0.4, 0.5) is 0 Å². The van der Waals surface area contributed by atoms with Gasteiger partial charge in [0.05, 0.1) is 12.4 Å². The maximum Gasteiger partial charge on any atom is 0.254 e. The predicted octanol–water partition coefficient (Wildman–Crippen LogP) is 2.77. The van der Waals surface area contributed by atoms with Gasteiger partial charge in [-0.25, -0.2) is 10.9 Å². The lowest BCUT2D eigenvalue weighted by atomic mass is 10.2. The van der Waals surface area contributed by atoms with Crippen molar-refractivity contribution < 1.29 is 0 Å². The maximum atomic E-state index is 5.81. The Bertz CT molecular complexity index is 648. The molecule has 0 spiro atoms. The summed E-state index contributed by atoms with van der Waals surface area (Å²) in [5.74, 6) is 5.45. The maximum absolute atomic E-state index is 5.81. The summed E-state index contributed by atoms with van der Waals surface area (Å²) in [7, 11) is 0. The molecule has 0 aliphatic carbocycles. The van der Waals surface area contributed by atoms with Crippen LogP contribution in [0, 0.1) is 0 Å². The summed E-state index contributed by atoms with van der Waals surface area (Å²) >= 11 is 11.6. The van der Waals surface area contributed by atoms with Crippen molar-refractivity contribution in [3.63, 3.8) is 0 Å². The Morgan fingerprint density at radius 1 is 0.783 bits per heavy atom. The molecule has 2 aromatic rings. The molecule has 0 saturated heterocycles. The molecule has 0 atom stereocenters. The van der Waals surface area contributed by atoms with E-state index >= 15 is 0 Å². The van der Waals surface area contributed by atoms with E-state index in [-0.39, 0.29) is 5.96 Å². The molecule has 0 unspecified atom stereocenters. The van der Waals surface area contributed by atoms with E-state index in [4.69, 9.17) is 29.0 Å². The lowest BCUT2D eigenvalue weighted by Gasteiger charge is -2.02. The van der Waals surface area contributed by atoms with Crippen molar-refractivity contribution in [1.82, 2.24) is 10.9 Å². The Kier molecular flexibility index (Phi) is 6.40. The topological polar surface area (TPSA) is 87.2 Å². The van der Waals surface area contributed by atoms with Gasteiger partial charge in [0.25, 0.3) is 5.96 Å². The highest BCUT2D eigenvalue weighted by molar-refractivity contribution is 6.30. The van der Waals surface area contributed by atoms with E-state index in [2.05, 4.69) is 26.2 Å². The first kappa shape index (κ1) is 16.8. The molecule has 0 aromatic heterocycles. The summed E-state index contributed by atoms with van der Waals surface area (Å²) in [5.41, 5.74) is 7.04. The van der Waals surface area contributed by atoms with E-state index < -0.39 is 0 Å². The molecule has 0 radical (unpaired) electrons. The first-order valence-corrected chi connectivity index (χ1v) is 7.30. The van der Waals surface area contributed by atoms with Gasteiger partial charge in [0, 0.05) is 10.0 Å². The predicted molar refractivity (Wildman–Crippen MR) is 96.0 cm³/mol. The van der Waals surface area contributed by atoms with Crippen LogP contribution in [-0.2, 0) is 0 Å². The molecule has 0 fully saturated rings. The Labute approximate surface area is 143 Å². The normalized spacial score (nSPS) is 12.0. The first-order chi connectivity index (χ1) is 11.2. The van der Waals surface area contributed by atoms with Crippen molar-refractivity contribution in [2.45, 2.75) is 0 Å². The number of nitrogens with two attached hydrogens (primary N) is 1. The summed E-state index contributed by atoms with van der Waals surface area (Å²) in [5, 5.41) is 12.8. The molecule has 0 aliphatic rings. The van der Waals surface area contributed by atoms with Gasteiger partial charge in [0.1, 0.15) is 0 Å². The molecule has 0 bridgehead atoms. The lowest BCUT2D eigenvalue weighted by Crippen LogP contribution is -2.31. The number of nitrogens with zero attached hydrogens (tertiary/aromatic N) is 3. The minimum atomic E-state index is 0.195. The van der Waals surface area contributed by atoms with Gasteiger partial charge in [0.15, 0.2) is 0 Å². The quantitative estimate of drug-likeness (QED) is 0.343. The number of halogens is 2. The second-order valence-corrected chi connectivity index (χ2v) is 5.19. The second kappa shape index (κ2) is 8.77. The van der Waals surface area contributed by atoms with Crippen molar-refractivity contribution >= 4 is 41.6 Å². The fourth-order valence-electron chi connectivity index (χ4n) is 1.52. The molecular formula is C15H14Cl2N6. The molecule has 23 heavy (non-hydrogen) atoms. The van der Waals surface area contributed by atoms with E-state index in [0.717, 1.165) is 11.1 Å². The fourth-order valence-corrected chi connectivity index (χ4v) is 1.77. The monoisotopic (exact) mass is 348 g/mol. The number of hydrogen-bond donors (Lipinski definition) is 3. The molecule has 8 heteroatoms. The molecule has 0 saturated carbocycles. The van der Waals surface area contributed by atoms with E-state index in [1.807, 2.05) is 24.3 Å². The molecule has 6 nitrogen and oxygen atoms in total. The summed E-state index contributed by atoms with van der Waals surface area (Å²) in [6.07, 6.45) is 3.21. The van der Waals surface area contributed by atoms with Crippen LogP contribution in [0.25, 0.3) is 0 Å². The average Bonchev–Trinajstić information content (AvgIpc) is 2.57. The molecule has 2 rings (SSSR count). The van der Waals surface area contributed by atoms with Gasteiger partial charge in [-0.3, -0.25) is 0 Å². The van der Waals surface area contributed by atoms with Crippen molar-refractivity contribution in [3.8, 4) is 0 Å². The molecular weight excluding hydrogens is 335 g/mol. The van der Waals surface area contributed by atoms with Gasteiger partial charge in [0.2, 0.25) is 0 Å². The fraction of sp³-hybridized carbons (Fsp3) is 0. The van der Waals surface area contributed by atoms with Crippen LogP contribution in [0.2, 0.25) is 10.0 Å². The number of rotatable bonds is 4. The zero-order valence-electron chi connectivity index (χ0n) is 11.9. The largest absolute Gasteiger partial charge is 0.320 e. The first-order valence-electron chi connectivity index (χ1n) is 6.54. The molecule has 118 valence electrons. The number of nitrogens with one attached hydrogen (secondary N) is 2. The average molecular weight is 349 g/mol. The van der Waals surface area contributed by atoms with Crippen molar-refractivity contribution in [3.05, 3.63) is 69.7 Å². The SMILES string of the molecule is NN=C(N/N=C\c1ccc(Cl)cc1)N/N=C/c1ccc(Cl)cc1. The van der Waals surface area contributed by atoms with Crippen LogP contribution in [0.1, 0.15) is 11.1 Å². The van der Waals surface area contributed by atoms with Gasteiger partial charge in [-0.1, -0.05) is 47.5 Å². The molecule has 4 N–H and O–H groups in total. The smallest absolute Gasteiger partial charge is 0.254 e. The Balaban J connectivity index is 1.85. The molecule has 0 aliphatic heterocycles. The highest BCUT2D eigenvalue weighted by atomic mass is 35.5. The molecule has 0 amide bonds. The van der Waals surface area contributed by atoms with Crippen LogP contribution in [0.15, 0.2) is 63.8 Å². The third kappa shape index (κ3) is 5.98. The second-order valence-electron chi connectivity index (χ2n) is 4.32. The zero-order valence-corrected chi connectivity index (χ0v) is 13.5. The lowest BCUT2D eigenvalue weighted by molar-refractivity contribution is 0.889. The standard InChI is InChI=1S/C15H14Cl2N6/c16-13-5-1-11(2-6-13)9-19-22-15(21-18)23-20-10-12-3-7-14(17)8-4-12/h1-10H,18H2,(H2,21,22,23)/b19-9-,20-10+. The number of hydrogen-bond acceptors (Lipinski definition) is 4. The highest BCUT2D eigenvalue weighted by Gasteiger charge is 1.94. The minimum absolute atomic E-state index is 0.195. The van der Waals surface area contributed by atoms with E-state index in [1.165, 1.54) is 0 Å². The van der Waals surface area contributed by atoms with Crippen LogP contribution in [-0.4, -0.2) is 18.4 Å². The summed E-state index contributed by atoms with van der Waals surface area (Å²) in [6, 6.07) is 14.4. The van der Waals surface area contributed by atoms with Crippen LogP contribution in [0.5, 0.6) is 0 Å². The molecule has 0 heterocycles. The van der Waals surface area contributed by atoms with Gasteiger partial charge in [-0.2, -0.15) is 10.2 Å². The minimum Gasteiger partial charge on any atom is -0.320 e. The summed E-state index contributed by atoms with van der Waals surface area (Å²) < 4.78 is 0. The zero-order chi connectivity index (χ0) is 16.5. The number of guanidine groups is 1. The van der Waals surface area contributed by atoms with Crippen LogP contribution >= 0.6 is 23.2 Å². The highest BCUT2D eigenvalue weighted by Crippen LogP contribution is 2.08. The van der Waals surface area contributed by atoms with Crippen molar-refractivity contribution in [2.75, 3.05) is 0 Å². The Hall–Kier alpha value is -2.57. The van der Waals surface area contributed by atoms with Gasteiger partial charge in [-0.05, 0) is 35.4 Å². The van der Waals surface area contributed by atoms with Gasteiger partial charge >= 0.3 is 0 Å². The number of benzene rings is 2. The van der Waals surface area contributed by atoms with Gasteiger partial charge < -0.3 is 5.84 Å². The Morgan fingerprint density at radius 2 is 1.17 bits per heavy atom. The van der Waals surface area contributed by atoms with Gasteiger partial charge in [-0.15, -0.1) is 5.10 Å². The Morgan fingerprint density at radius 3 is 1.52 bits per heavy atom. The summed E-state index contributed by atoms with van der Waals surface area (Å²) in [6.45, 7) is 0. The van der Waals surface area contributed by atoms with E-state index in [1.54, 1.807) is 36.7 Å². The van der Waals surface area contributed by atoms with E-state index in [9.17, 15) is 0 Å². The van der Waals surface area contributed by atoms with Crippen molar-refractivity contribution in [2.24, 2.45) is 21.1 Å². The van der Waals surface area contributed by atoms with E-state index in [0.29, 0.717) is 10.0 Å². The third-order valence-corrected chi connectivity index (χ3v) is 3.14. The number of hydrazone groups is 3. The molecule has 2 aromatic carbocycles. The third-order valence-electron chi connectivity index (χ3n) is 2.64. The van der Waals surface area contributed by atoms with Crippen LogP contribution < -0.4 is 16.7 Å². The van der Waals surface area contributed by atoms with Crippen molar-refractivity contribution in [1.29, 1.82) is 0 Å². The van der Waals surface area contributed by atoms with Crippen LogP contribution in [0.3, 0.4) is 0 Å². The summed E-state index contributed by atoms with van der Waals surface area (Å²) in [4.78, 5) is 0.